The number of aryl methyl sites for hydroxylation is 1. The van der Waals surface area contributed by atoms with Crippen molar-refractivity contribution in [2.75, 3.05) is 31.1 Å². The van der Waals surface area contributed by atoms with Crippen molar-refractivity contribution in [3.05, 3.63) is 11.9 Å². The van der Waals surface area contributed by atoms with Crippen molar-refractivity contribution in [3.8, 4) is 5.88 Å². The zero-order valence-electron chi connectivity index (χ0n) is 10.9. The standard InChI is InChI=1S/C13H20N4O/c1-10-15-12(17-6-2-3-7-17)8-13(16-10)18-11-4-5-14-9-11/h8,11,14H,2-7,9H2,1H3. The van der Waals surface area contributed by atoms with E-state index in [1.807, 2.05) is 13.0 Å². The first kappa shape index (κ1) is 11.7. The fourth-order valence-corrected chi connectivity index (χ4v) is 2.59. The topological polar surface area (TPSA) is 50.3 Å². The highest BCUT2D eigenvalue weighted by atomic mass is 16.5. The third kappa shape index (κ3) is 2.56. The van der Waals surface area contributed by atoms with Crippen LogP contribution in [-0.4, -0.2) is 42.3 Å². The average Bonchev–Trinajstić information content (AvgIpc) is 3.00. The van der Waals surface area contributed by atoms with E-state index in [2.05, 4.69) is 20.2 Å². The van der Waals surface area contributed by atoms with Gasteiger partial charge in [0.1, 0.15) is 17.7 Å². The van der Waals surface area contributed by atoms with Crippen LogP contribution in [0, 0.1) is 6.92 Å². The molecule has 18 heavy (non-hydrogen) atoms. The first-order valence-corrected chi connectivity index (χ1v) is 6.79. The van der Waals surface area contributed by atoms with Crippen LogP contribution in [0.5, 0.6) is 5.88 Å². The van der Waals surface area contributed by atoms with Gasteiger partial charge >= 0.3 is 0 Å². The highest BCUT2D eigenvalue weighted by Crippen LogP contribution is 2.22. The normalized spacial score (nSPS) is 23.6. The van der Waals surface area contributed by atoms with Crippen molar-refractivity contribution in [2.24, 2.45) is 0 Å². The summed E-state index contributed by atoms with van der Waals surface area (Å²) in [6.45, 7) is 6.08. The minimum absolute atomic E-state index is 0.255. The second-order valence-electron chi connectivity index (χ2n) is 5.04. The number of nitrogens with zero attached hydrogens (tertiary/aromatic N) is 3. The number of nitrogens with one attached hydrogen (secondary N) is 1. The van der Waals surface area contributed by atoms with E-state index < -0.39 is 0 Å². The second-order valence-corrected chi connectivity index (χ2v) is 5.04. The second kappa shape index (κ2) is 5.10. The highest BCUT2D eigenvalue weighted by Gasteiger charge is 2.19. The highest BCUT2D eigenvalue weighted by molar-refractivity contribution is 5.42. The molecule has 2 aliphatic rings. The number of anilines is 1. The van der Waals surface area contributed by atoms with Gasteiger partial charge in [-0.15, -0.1) is 0 Å². The predicted molar refractivity (Wildman–Crippen MR) is 70.1 cm³/mol. The summed E-state index contributed by atoms with van der Waals surface area (Å²) in [5.41, 5.74) is 0. The van der Waals surface area contributed by atoms with Crippen LogP contribution in [0.2, 0.25) is 0 Å². The molecular formula is C13H20N4O. The molecule has 5 heteroatoms. The molecule has 0 aromatic carbocycles. The van der Waals surface area contributed by atoms with E-state index in [0.29, 0.717) is 0 Å². The maximum Gasteiger partial charge on any atom is 0.219 e. The van der Waals surface area contributed by atoms with E-state index >= 15 is 0 Å². The lowest BCUT2D eigenvalue weighted by molar-refractivity contribution is 0.213. The van der Waals surface area contributed by atoms with Gasteiger partial charge in [-0.1, -0.05) is 0 Å². The van der Waals surface area contributed by atoms with Crippen molar-refractivity contribution < 1.29 is 4.74 Å². The third-order valence-corrected chi connectivity index (χ3v) is 3.53. The van der Waals surface area contributed by atoms with Gasteiger partial charge in [0, 0.05) is 25.7 Å². The first-order chi connectivity index (χ1) is 8.81. The molecule has 0 bridgehead atoms. The van der Waals surface area contributed by atoms with Gasteiger partial charge in [-0.2, -0.15) is 4.98 Å². The molecule has 0 aliphatic carbocycles. The van der Waals surface area contributed by atoms with E-state index in [9.17, 15) is 0 Å². The van der Waals surface area contributed by atoms with Crippen molar-refractivity contribution in [3.63, 3.8) is 0 Å². The Balaban J connectivity index is 1.76. The molecule has 1 N–H and O–H groups in total. The maximum atomic E-state index is 5.92. The van der Waals surface area contributed by atoms with Gasteiger partial charge in [0.2, 0.25) is 5.88 Å². The molecule has 3 rings (SSSR count). The zero-order valence-corrected chi connectivity index (χ0v) is 10.9. The molecule has 0 spiro atoms. The van der Waals surface area contributed by atoms with Crippen LogP contribution in [0.3, 0.4) is 0 Å². The van der Waals surface area contributed by atoms with Crippen LogP contribution in [0.15, 0.2) is 6.07 Å². The minimum atomic E-state index is 0.255. The molecule has 2 aliphatic heterocycles. The Morgan fingerprint density at radius 2 is 2.17 bits per heavy atom. The number of hydrogen-bond acceptors (Lipinski definition) is 5. The Morgan fingerprint density at radius 1 is 1.33 bits per heavy atom. The molecule has 0 radical (unpaired) electrons. The number of rotatable bonds is 3. The Labute approximate surface area is 108 Å². The molecule has 1 unspecified atom stereocenters. The molecule has 1 aromatic rings. The molecule has 5 nitrogen and oxygen atoms in total. The van der Waals surface area contributed by atoms with Gasteiger partial charge < -0.3 is 15.0 Å². The zero-order chi connectivity index (χ0) is 12.4. The fraction of sp³-hybridized carbons (Fsp3) is 0.692. The predicted octanol–water partition coefficient (Wildman–Crippen LogP) is 1.13. The van der Waals surface area contributed by atoms with Gasteiger partial charge in [-0.25, -0.2) is 4.98 Å². The summed E-state index contributed by atoms with van der Waals surface area (Å²) in [6.07, 6.45) is 3.82. The Bertz CT molecular complexity index is 411. The molecule has 2 fully saturated rings. The molecule has 0 saturated carbocycles. The molecule has 2 saturated heterocycles. The lowest BCUT2D eigenvalue weighted by Gasteiger charge is -2.18. The largest absolute Gasteiger partial charge is 0.473 e. The van der Waals surface area contributed by atoms with E-state index in [1.165, 1.54) is 12.8 Å². The van der Waals surface area contributed by atoms with Crippen molar-refractivity contribution >= 4 is 5.82 Å². The molecule has 1 atom stereocenters. The van der Waals surface area contributed by atoms with Crippen LogP contribution in [0.25, 0.3) is 0 Å². The lowest BCUT2D eigenvalue weighted by atomic mass is 10.3. The molecule has 98 valence electrons. The first-order valence-electron chi connectivity index (χ1n) is 6.79. The Hall–Kier alpha value is -1.36. The van der Waals surface area contributed by atoms with E-state index in [1.54, 1.807) is 0 Å². The summed E-state index contributed by atoms with van der Waals surface area (Å²) in [5, 5.41) is 3.30. The number of ether oxygens (including phenoxy) is 1. The van der Waals surface area contributed by atoms with Crippen molar-refractivity contribution in [1.29, 1.82) is 0 Å². The van der Waals surface area contributed by atoms with Crippen LogP contribution >= 0.6 is 0 Å². The lowest BCUT2D eigenvalue weighted by Crippen LogP contribution is -2.22. The van der Waals surface area contributed by atoms with Crippen LogP contribution in [0.1, 0.15) is 25.1 Å². The minimum Gasteiger partial charge on any atom is -0.473 e. The maximum absolute atomic E-state index is 5.92. The summed E-state index contributed by atoms with van der Waals surface area (Å²) in [7, 11) is 0. The van der Waals surface area contributed by atoms with E-state index in [-0.39, 0.29) is 6.10 Å². The summed E-state index contributed by atoms with van der Waals surface area (Å²) >= 11 is 0. The van der Waals surface area contributed by atoms with E-state index in [0.717, 1.165) is 50.1 Å². The Morgan fingerprint density at radius 3 is 2.89 bits per heavy atom. The molecule has 1 aromatic heterocycles. The smallest absolute Gasteiger partial charge is 0.219 e. The van der Waals surface area contributed by atoms with Crippen LogP contribution < -0.4 is 15.0 Å². The summed E-state index contributed by atoms with van der Waals surface area (Å²) in [6, 6.07) is 1.98. The number of aromatic nitrogens is 2. The molecule has 0 amide bonds. The molecule has 3 heterocycles. The fourth-order valence-electron chi connectivity index (χ4n) is 2.59. The van der Waals surface area contributed by atoms with Gasteiger partial charge in [0.25, 0.3) is 0 Å². The van der Waals surface area contributed by atoms with Gasteiger partial charge in [-0.3, -0.25) is 0 Å². The van der Waals surface area contributed by atoms with Crippen LogP contribution in [0.4, 0.5) is 5.82 Å². The third-order valence-electron chi connectivity index (χ3n) is 3.53. The monoisotopic (exact) mass is 248 g/mol. The van der Waals surface area contributed by atoms with Crippen molar-refractivity contribution in [2.45, 2.75) is 32.3 Å². The van der Waals surface area contributed by atoms with Gasteiger partial charge in [0.05, 0.1) is 0 Å². The van der Waals surface area contributed by atoms with E-state index in [4.69, 9.17) is 4.74 Å². The SMILES string of the molecule is Cc1nc(OC2CCNC2)cc(N2CCCC2)n1. The molecular weight excluding hydrogens is 228 g/mol. The summed E-state index contributed by atoms with van der Waals surface area (Å²) < 4.78 is 5.92. The van der Waals surface area contributed by atoms with Crippen molar-refractivity contribution in [1.82, 2.24) is 15.3 Å². The van der Waals surface area contributed by atoms with Gasteiger partial charge in [-0.05, 0) is 32.7 Å². The summed E-state index contributed by atoms with van der Waals surface area (Å²) in [5.74, 6) is 2.53. The van der Waals surface area contributed by atoms with Crippen LogP contribution in [-0.2, 0) is 0 Å². The average molecular weight is 248 g/mol. The summed E-state index contributed by atoms with van der Waals surface area (Å²) in [4.78, 5) is 11.2. The Kier molecular flexibility index (Phi) is 3.32. The number of hydrogen-bond donors (Lipinski definition) is 1. The van der Waals surface area contributed by atoms with Gasteiger partial charge in [0.15, 0.2) is 0 Å². The quantitative estimate of drug-likeness (QED) is 0.869.